The molecule has 0 aromatic rings. The molecule has 0 bridgehead atoms. The number of nitrogens with zero attached hydrogens (tertiary/aromatic N) is 2. The normalized spacial score (nSPS) is 28.9. The van der Waals surface area contributed by atoms with Crippen LogP contribution in [0.1, 0.15) is 19.3 Å². The van der Waals surface area contributed by atoms with Crippen molar-refractivity contribution in [3.63, 3.8) is 0 Å². The first kappa shape index (κ1) is 13.8. The molecule has 0 spiro atoms. The third kappa shape index (κ3) is 3.02. The van der Waals surface area contributed by atoms with Gasteiger partial charge in [-0.2, -0.15) is 0 Å². The van der Waals surface area contributed by atoms with Gasteiger partial charge in [0.2, 0.25) is 0 Å². The predicted octanol–water partition coefficient (Wildman–Crippen LogP) is -0.0825. The molecule has 18 heavy (non-hydrogen) atoms. The van der Waals surface area contributed by atoms with Crippen molar-refractivity contribution in [2.24, 2.45) is 0 Å². The highest BCUT2D eigenvalue weighted by Crippen LogP contribution is 2.33. The molecule has 1 heterocycles. The van der Waals surface area contributed by atoms with Crippen molar-refractivity contribution in [1.82, 2.24) is 15.1 Å². The van der Waals surface area contributed by atoms with Gasteiger partial charge in [0.05, 0.1) is 7.11 Å². The Balaban J connectivity index is 1.93. The second kappa shape index (κ2) is 5.55. The van der Waals surface area contributed by atoms with Crippen LogP contribution in [0, 0.1) is 0 Å². The van der Waals surface area contributed by atoms with E-state index in [1.54, 1.807) is 0 Å². The molecule has 0 aromatic carbocycles. The molecule has 1 saturated carbocycles. The van der Waals surface area contributed by atoms with E-state index < -0.39 is 5.54 Å². The molecule has 1 N–H and O–H groups in total. The van der Waals surface area contributed by atoms with Crippen molar-refractivity contribution < 1.29 is 9.53 Å². The van der Waals surface area contributed by atoms with Gasteiger partial charge in [-0.1, -0.05) is 0 Å². The fourth-order valence-electron chi connectivity index (χ4n) is 2.69. The minimum absolute atomic E-state index is 0.107. The molecule has 0 radical (unpaired) electrons. The summed E-state index contributed by atoms with van der Waals surface area (Å²) < 4.78 is 5.00. The lowest BCUT2D eigenvalue weighted by atomic mass is 9.99. The molecule has 2 rings (SSSR count). The maximum atomic E-state index is 12.1. The second-order valence-electron chi connectivity index (χ2n) is 5.76. The van der Waals surface area contributed by atoms with E-state index in [9.17, 15) is 4.79 Å². The molecule has 1 saturated heterocycles. The summed E-state index contributed by atoms with van der Waals surface area (Å²) in [6.45, 7) is 3.56. The number of hydrogen-bond donors (Lipinski definition) is 1. The van der Waals surface area contributed by atoms with Crippen LogP contribution in [0.5, 0.6) is 0 Å². The minimum Gasteiger partial charge on any atom is -0.468 e. The fourth-order valence-corrected chi connectivity index (χ4v) is 2.69. The van der Waals surface area contributed by atoms with Gasteiger partial charge in [0.1, 0.15) is 5.54 Å². The van der Waals surface area contributed by atoms with Gasteiger partial charge in [0, 0.05) is 32.2 Å². The highest BCUT2D eigenvalue weighted by Gasteiger charge is 2.48. The molecule has 1 aliphatic heterocycles. The third-order valence-electron chi connectivity index (χ3n) is 3.96. The molecule has 0 aromatic heterocycles. The Morgan fingerprint density at radius 3 is 2.78 bits per heavy atom. The number of likely N-dealkylation sites (tertiary alicyclic amines) is 1. The third-order valence-corrected chi connectivity index (χ3v) is 3.96. The van der Waals surface area contributed by atoms with Crippen LogP contribution in [0.15, 0.2) is 0 Å². The van der Waals surface area contributed by atoms with Gasteiger partial charge in [-0.05, 0) is 33.4 Å². The number of likely N-dealkylation sites (N-methyl/N-ethyl adjacent to an activating group) is 1. The Morgan fingerprint density at radius 2 is 2.22 bits per heavy atom. The Kier molecular flexibility index (Phi) is 4.25. The van der Waals surface area contributed by atoms with E-state index in [1.165, 1.54) is 20.0 Å². The monoisotopic (exact) mass is 255 g/mol. The van der Waals surface area contributed by atoms with Crippen molar-refractivity contribution in [2.45, 2.75) is 30.8 Å². The summed E-state index contributed by atoms with van der Waals surface area (Å²) in [5.74, 6) is -0.107. The lowest BCUT2D eigenvalue weighted by Crippen LogP contribution is -2.56. The van der Waals surface area contributed by atoms with Crippen LogP contribution in [0.25, 0.3) is 0 Å². The van der Waals surface area contributed by atoms with Gasteiger partial charge in [-0.15, -0.1) is 0 Å². The number of esters is 1. The Bertz CT molecular complexity index is 305. The Labute approximate surface area is 109 Å². The van der Waals surface area contributed by atoms with E-state index >= 15 is 0 Å². The van der Waals surface area contributed by atoms with Crippen LogP contribution in [0.2, 0.25) is 0 Å². The highest BCUT2D eigenvalue weighted by molar-refractivity contribution is 5.81. The van der Waals surface area contributed by atoms with Crippen LogP contribution in [0.4, 0.5) is 0 Å². The van der Waals surface area contributed by atoms with E-state index in [4.69, 9.17) is 4.74 Å². The van der Waals surface area contributed by atoms with E-state index in [2.05, 4.69) is 15.1 Å². The molecule has 1 atom stereocenters. The fraction of sp³-hybridized carbons (Fsp3) is 0.923. The van der Waals surface area contributed by atoms with Gasteiger partial charge in [0.25, 0.3) is 0 Å². The van der Waals surface area contributed by atoms with Crippen molar-refractivity contribution >= 4 is 5.97 Å². The lowest BCUT2D eigenvalue weighted by Gasteiger charge is -2.28. The van der Waals surface area contributed by atoms with Gasteiger partial charge < -0.3 is 9.64 Å². The topological polar surface area (TPSA) is 44.8 Å². The van der Waals surface area contributed by atoms with Crippen LogP contribution in [0.3, 0.4) is 0 Å². The van der Waals surface area contributed by atoms with Crippen molar-refractivity contribution in [3.05, 3.63) is 0 Å². The number of rotatable bonds is 6. The summed E-state index contributed by atoms with van der Waals surface area (Å²) in [6, 6.07) is 0.715. The zero-order valence-corrected chi connectivity index (χ0v) is 11.7. The minimum atomic E-state index is -0.479. The highest BCUT2D eigenvalue weighted by atomic mass is 16.5. The van der Waals surface area contributed by atoms with Crippen LogP contribution in [-0.4, -0.2) is 74.7 Å². The largest absolute Gasteiger partial charge is 0.468 e. The summed E-state index contributed by atoms with van der Waals surface area (Å²) in [4.78, 5) is 16.6. The van der Waals surface area contributed by atoms with Crippen LogP contribution >= 0.6 is 0 Å². The van der Waals surface area contributed by atoms with E-state index in [1.807, 2.05) is 14.1 Å². The molecule has 2 aliphatic rings. The maximum Gasteiger partial charge on any atom is 0.327 e. The maximum absolute atomic E-state index is 12.1. The van der Waals surface area contributed by atoms with Crippen LogP contribution in [-0.2, 0) is 9.53 Å². The van der Waals surface area contributed by atoms with Crippen molar-refractivity contribution in [3.8, 4) is 0 Å². The first-order valence-electron chi connectivity index (χ1n) is 6.79. The van der Waals surface area contributed by atoms with Gasteiger partial charge in [-0.3, -0.25) is 15.0 Å². The number of carbonyl (C=O) groups is 1. The summed E-state index contributed by atoms with van der Waals surface area (Å²) >= 11 is 0. The first-order valence-corrected chi connectivity index (χ1v) is 6.79. The second-order valence-corrected chi connectivity index (χ2v) is 5.76. The zero-order valence-electron chi connectivity index (χ0n) is 11.7. The average Bonchev–Trinajstić information content (AvgIpc) is 3.10. The van der Waals surface area contributed by atoms with E-state index in [0.717, 1.165) is 32.6 Å². The smallest absolute Gasteiger partial charge is 0.327 e. The molecule has 104 valence electrons. The van der Waals surface area contributed by atoms with Crippen molar-refractivity contribution in [1.29, 1.82) is 0 Å². The summed E-state index contributed by atoms with van der Waals surface area (Å²) in [7, 11) is 5.56. The molecule has 5 heteroatoms. The number of methoxy groups -OCH3 is 1. The molecular formula is C13H25N3O2. The van der Waals surface area contributed by atoms with Gasteiger partial charge in [-0.25, -0.2) is 0 Å². The molecule has 5 nitrogen and oxygen atoms in total. The quantitative estimate of drug-likeness (QED) is 0.673. The Morgan fingerprint density at radius 1 is 1.50 bits per heavy atom. The van der Waals surface area contributed by atoms with E-state index in [-0.39, 0.29) is 5.97 Å². The van der Waals surface area contributed by atoms with Gasteiger partial charge >= 0.3 is 5.97 Å². The molecular weight excluding hydrogens is 230 g/mol. The number of carbonyl (C=O) groups excluding carboxylic acids is 1. The summed E-state index contributed by atoms with van der Waals surface area (Å²) in [5, 5.41) is 3.43. The number of nitrogens with one attached hydrogen (secondary N) is 1. The number of hydrogen-bond acceptors (Lipinski definition) is 5. The zero-order chi connectivity index (χ0) is 13.2. The van der Waals surface area contributed by atoms with E-state index in [0.29, 0.717) is 6.04 Å². The van der Waals surface area contributed by atoms with Gasteiger partial charge in [0.15, 0.2) is 0 Å². The summed E-state index contributed by atoms with van der Waals surface area (Å²) in [5.41, 5.74) is -0.479. The molecule has 1 aliphatic carbocycles. The molecule has 0 amide bonds. The predicted molar refractivity (Wildman–Crippen MR) is 70.5 cm³/mol. The lowest BCUT2D eigenvalue weighted by molar-refractivity contribution is -0.148. The standard InChI is InChI=1S/C13H25N3O2/c1-15(2)9-7-14-13(12(17)18-3)6-8-16(10-13)11-4-5-11/h11,14H,4-10H2,1-3H3. The number of ether oxygens (including phenoxy) is 1. The Hall–Kier alpha value is -0.650. The molecule has 1 unspecified atom stereocenters. The van der Waals surface area contributed by atoms with Crippen molar-refractivity contribution in [2.75, 3.05) is 47.4 Å². The average molecular weight is 255 g/mol. The first-order chi connectivity index (χ1) is 8.57. The SMILES string of the molecule is COC(=O)C1(NCCN(C)C)CCN(C2CC2)C1. The molecule has 2 fully saturated rings. The summed E-state index contributed by atoms with van der Waals surface area (Å²) in [6.07, 6.45) is 3.44. The van der Waals surface area contributed by atoms with Crippen LogP contribution < -0.4 is 5.32 Å².